The number of imidazole rings is 1. The first-order valence-corrected chi connectivity index (χ1v) is 5.07. The SMILES string of the molecule is C=CCn1cc(C)nc1NC(C)COC. The minimum Gasteiger partial charge on any atom is -0.383 e. The third kappa shape index (κ3) is 3.40. The number of rotatable bonds is 6. The van der Waals surface area contributed by atoms with Gasteiger partial charge in [0.05, 0.1) is 12.3 Å². The van der Waals surface area contributed by atoms with Crippen molar-refractivity contribution in [3.8, 4) is 0 Å². The number of methoxy groups -OCH3 is 1. The van der Waals surface area contributed by atoms with E-state index in [4.69, 9.17) is 4.74 Å². The maximum atomic E-state index is 5.06. The Bertz CT molecular complexity index is 320. The number of nitrogens with zero attached hydrogens (tertiary/aromatic N) is 2. The van der Waals surface area contributed by atoms with Gasteiger partial charge in [0, 0.05) is 25.9 Å². The molecular formula is C11H19N3O. The predicted molar refractivity (Wildman–Crippen MR) is 62.1 cm³/mol. The van der Waals surface area contributed by atoms with Crippen LogP contribution in [-0.2, 0) is 11.3 Å². The van der Waals surface area contributed by atoms with Crippen LogP contribution in [0.4, 0.5) is 5.95 Å². The summed E-state index contributed by atoms with van der Waals surface area (Å²) in [4.78, 5) is 4.40. The molecule has 0 aliphatic rings. The minimum absolute atomic E-state index is 0.250. The van der Waals surface area contributed by atoms with Crippen molar-refractivity contribution in [1.82, 2.24) is 9.55 Å². The van der Waals surface area contributed by atoms with E-state index in [9.17, 15) is 0 Å². The molecule has 0 saturated carbocycles. The Balaban J connectivity index is 2.69. The molecule has 1 heterocycles. The van der Waals surface area contributed by atoms with Gasteiger partial charge in [0.1, 0.15) is 0 Å². The summed E-state index contributed by atoms with van der Waals surface area (Å²) in [6.45, 7) is 9.19. The lowest BCUT2D eigenvalue weighted by Crippen LogP contribution is -2.23. The second-order valence-electron chi connectivity index (χ2n) is 3.65. The van der Waals surface area contributed by atoms with Crippen LogP contribution in [0.25, 0.3) is 0 Å². The Morgan fingerprint density at radius 3 is 3.07 bits per heavy atom. The van der Waals surface area contributed by atoms with Gasteiger partial charge in [-0.05, 0) is 13.8 Å². The fraction of sp³-hybridized carbons (Fsp3) is 0.545. The third-order valence-electron chi connectivity index (χ3n) is 2.01. The molecule has 1 unspecified atom stereocenters. The summed E-state index contributed by atoms with van der Waals surface area (Å²) >= 11 is 0. The highest BCUT2D eigenvalue weighted by molar-refractivity contribution is 5.30. The van der Waals surface area contributed by atoms with Crippen LogP contribution < -0.4 is 5.32 Å². The van der Waals surface area contributed by atoms with E-state index in [2.05, 4.69) is 23.8 Å². The van der Waals surface area contributed by atoms with Crippen LogP contribution in [-0.4, -0.2) is 29.3 Å². The van der Waals surface area contributed by atoms with E-state index in [1.165, 1.54) is 0 Å². The summed E-state index contributed by atoms with van der Waals surface area (Å²) in [7, 11) is 1.69. The molecule has 1 aromatic rings. The number of aryl methyl sites for hydroxylation is 1. The van der Waals surface area contributed by atoms with Crippen LogP contribution in [0.5, 0.6) is 0 Å². The fourth-order valence-corrected chi connectivity index (χ4v) is 1.45. The number of aromatic nitrogens is 2. The van der Waals surface area contributed by atoms with Crippen LogP contribution in [0.1, 0.15) is 12.6 Å². The van der Waals surface area contributed by atoms with Gasteiger partial charge >= 0.3 is 0 Å². The molecule has 0 bridgehead atoms. The van der Waals surface area contributed by atoms with Crippen molar-refractivity contribution in [2.75, 3.05) is 19.0 Å². The van der Waals surface area contributed by atoms with Crippen LogP contribution >= 0.6 is 0 Å². The molecule has 0 radical (unpaired) electrons. The molecule has 4 nitrogen and oxygen atoms in total. The van der Waals surface area contributed by atoms with Gasteiger partial charge in [0.25, 0.3) is 0 Å². The van der Waals surface area contributed by atoms with E-state index in [0.29, 0.717) is 6.61 Å². The fourth-order valence-electron chi connectivity index (χ4n) is 1.45. The van der Waals surface area contributed by atoms with Gasteiger partial charge in [-0.15, -0.1) is 6.58 Å². The van der Waals surface area contributed by atoms with Crippen LogP contribution in [0.2, 0.25) is 0 Å². The minimum atomic E-state index is 0.250. The van der Waals surface area contributed by atoms with Crippen molar-refractivity contribution in [2.24, 2.45) is 0 Å². The van der Waals surface area contributed by atoms with Gasteiger partial charge in [0.2, 0.25) is 5.95 Å². The summed E-state index contributed by atoms with van der Waals surface area (Å²) in [5, 5.41) is 3.30. The summed E-state index contributed by atoms with van der Waals surface area (Å²) in [5.41, 5.74) is 1.00. The Hall–Kier alpha value is -1.29. The number of hydrogen-bond donors (Lipinski definition) is 1. The van der Waals surface area contributed by atoms with Crippen molar-refractivity contribution in [1.29, 1.82) is 0 Å². The lowest BCUT2D eigenvalue weighted by atomic mass is 10.4. The molecule has 0 aliphatic carbocycles. The van der Waals surface area contributed by atoms with Crippen molar-refractivity contribution in [2.45, 2.75) is 26.4 Å². The number of allylic oxidation sites excluding steroid dienone is 1. The molecule has 0 spiro atoms. The van der Waals surface area contributed by atoms with Gasteiger partial charge in [0.15, 0.2) is 0 Å². The zero-order chi connectivity index (χ0) is 11.3. The first kappa shape index (κ1) is 11.8. The summed E-state index contributed by atoms with van der Waals surface area (Å²) in [6.07, 6.45) is 3.86. The maximum absolute atomic E-state index is 5.06. The normalized spacial score (nSPS) is 12.5. The largest absolute Gasteiger partial charge is 0.383 e. The van der Waals surface area contributed by atoms with Gasteiger partial charge in [-0.25, -0.2) is 4.98 Å². The van der Waals surface area contributed by atoms with Crippen molar-refractivity contribution in [3.63, 3.8) is 0 Å². The smallest absolute Gasteiger partial charge is 0.203 e. The second kappa shape index (κ2) is 5.56. The Morgan fingerprint density at radius 1 is 1.73 bits per heavy atom. The van der Waals surface area contributed by atoms with E-state index in [0.717, 1.165) is 18.2 Å². The number of ether oxygens (including phenoxy) is 1. The number of nitrogens with one attached hydrogen (secondary N) is 1. The zero-order valence-electron chi connectivity index (χ0n) is 9.66. The molecule has 4 heteroatoms. The third-order valence-corrected chi connectivity index (χ3v) is 2.01. The van der Waals surface area contributed by atoms with Crippen molar-refractivity contribution >= 4 is 5.95 Å². The average Bonchev–Trinajstić information content (AvgIpc) is 2.47. The molecule has 0 fully saturated rings. The van der Waals surface area contributed by atoms with Crippen LogP contribution in [0, 0.1) is 6.92 Å². The molecule has 84 valence electrons. The predicted octanol–water partition coefficient (Wildman–Crippen LogP) is 1.82. The Morgan fingerprint density at radius 2 is 2.47 bits per heavy atom. The lowest BCUT2D eigenvalue weighted by molar-refractivity contribution is 0.190. The number of hydrogen-bond acceptors (Lipinski definition) is 3. The van der Waals surface area contributed by atoms with Crippen molar-refractivity contribution < 1.29 is 4.74 Å². The number of anilines is 1. The van der Waals surface area contributed by atoms with Gasteiger partial charge in [-0.3, -0.25) is 0 Å². The maximum Gasteiger partial charge on any atom is 0.203 e. The van der Waals surface area contributed by atoms with E-state index in [1.807, 2.05) is 23.8 Å². The molecule has 1 atom stereocenters. The summed E-state index contributed by atoms with van der Waals surface area (Å²) in [5.74, 6) is 0.872. The van der Waals surface area contributed by atoms with E-state index in [1.54, 1.807) is 7.11 Å². The van der Waals surface area contributed by atoms with Crippen LogP contribution in [0.15, 0.2) is 18.9 Å². The van der Waals surface area contributed by atoms with Gasteiger partial charge < -0.3 is 14.6 Å². The van der Waals surface area contributed by atoms with Gasteiger partial charge in [-0.1, -0.05) is 6.08 Å². The lowest BCUT2D eigenvalue weighted by Gasteiger charge is -2.14. The van der Waals surface area contributed by atoms with Crippen molar-refractivity contribution in [3.05, 3.63) is 24.5 Å². The van der Waals surface area contributed by atoms with E-state index >= 15 is 0 Å². The molecule has 0 aliphatic heterocycles. The first-order chi connectivity index (χ1) is 7.17. The summed E-state index contributed by atoms with van der Waals surface area (Å²) in [6, 6.07) is 0.250. The summed E-state index contributed by atoms with van der Waals surface area (Å²) < 4.78 is 7.10. The molecule has 1 rings (SSSR count). The first-order valence-electron chi connectivity index (χ1n) is 5.07. The zero-order valence-corrected chi connectivity index (χ0v) is 9.66. The molecule has 0 amide bonds. The Labute approximate surface area is 91.0 Å². The highest BCUT2D eigenvalue weighted by Crippen LogP contribution is 2.09. The highest BCUT2D eigenvalue weighted by Gasteiger charge is 2.07. The monoisotopic (exact) mass is 209 g/mol. The van der Waals surface area contributed by atoms with E-state index < -0.39 is 0 Å². The second-order valence-corrected chi connectivity index (χ2v) is 3.65. The molecule has 1 aromatic heterocycles. The molecule has 0 saturated heterocycles. The molecular weight excluding hydrogens is 190 g/mol. The topological polar surface area (TPSA) is 39.1 Å². The van der Waals surface area contributed by atoms with Gasteiger partial charge in [-0.2, -0.15) is 0 Å². The highest BCUT2D eigenvalue weighted by atomic mass is 16.5. The molecule has 1 N–H and O–H groups in total. The molecule has 15 heavy (non-hydrogen) atoms. The average molecular weight is 209 g/mol. The standard InChI is InChI=1S/C11H19N3O/c1-5-6-14-7-9(2)12-11(14)13-10(3)8-15-4/h5,7,10H,1,6,8H2,2-4H3,(H,12,13). The molecule has 0 aromatic carbocycles. The Kier molecular flexibility index (Phi) is 4.37. The van der Waals surface area contributed by atoms with E-state index in [-0.39, 0.29) is 6.04 Å². The quantitative estimate of drug-likeness (QED) is 0.726. The van der Waals surface area contributed by atoms with Crippen LogP contribution in [0.3, 0.4) is 0 Å².